The molecule has 2 aliphatic rings. The first kappa shape index (κ1) is 19.6. The molecule has 2 N–H and O–H groups in total. The van der Waals surface area contributed by atoms with Crippen molar-refractivity contribution >= 4 is 11.8 Å². The fourth-order valence-corrected chi connectivity index (χ4v) is 4.01. The molecule has 2 aliphatic heterocycles. The topological polar surface area (TPSA) is 100 Å². The van der Waals surface area contributed by atoms with Crippen molar-refractivity contribution in [3.8, 4) is 0 Å². The Kier molecular flexibility index (Phi) is 5.62. The average molecular weight is 397 g/mol. The summed E-state index contributed by atoms with van der Waals surface area (Å²) in [5, 5.41) is 21.6. The lowest BCUT2D eigenvalue weighted by molar-refractivity contribution is 0.0349. The van der Waals surface area contributed by atoms with Gasteiger partial charge in [-0.3, -0.25) is 9.59 Å². The van der Waals surface area contributed by atoms with Crippen LogP contribution in [-0.2, 0) is 13.0 Å². The van der Waals surface area contributed by atoms with Crippen molar-refractivity contribution in [2.75, 3.05) is 13.1 Å². The zero-order valence-electron chi connectivity index (χ0n) is 16.7. The van der Waals surface area contributed by atoms with Crippen LogP contribution in [0.5, 0.6) is 0 Å². The molecule has 0 aliphatic carbocycles. The van der Waals surface area contributed by atoms with E-state index in [-0.39, 0.29) is 18.4 Å². The first-order valence-electron chi connectivity index (χ1n) is 10.3. The molecule has 29 heavy (non-hydrogen) atoms. The number of hydrogen-bond donors (Lipinski definition) is 2. The highest BCUT2D eigenvalue weighted by molar-refractivity contribution is 5.94. The lowest BCUT2D eigenvalue weighted by atomic mass is 10.0. The van der Waals surface area contributed by atoms with E-state index in [1.807, 2.05) is 23.6 Å². The summed E-state index contributed by atoms with van der Waals surface area (Å²) in [5.41, 5.74) is 1.61. The van der Waals surface area contributed by atoms with Gasteiger partial charge in [0.05, 0.1) is 12.1 Å². The maximum atomic E-state index is 13.1. The van der Waals surface area contributed by atoms with Gasteiger partial charge in [-0.2, -0.15) is 0 Å². The van der Waals surface area contributed by atoms with Crippen molar-refractivity contribution < 1.29 is 14.7 Å². The van der Waals surface area contributed by atoms with E-state index in [4.69, 9.17) is 0 Å². The maximum Gasteiger partial charge on any atom is 0.291 e. The number of nitrogens with zero attached hydrogens (tertiary/aromatic N) is 4. The second-order valence-corrected chi connectivity index (χ2v) is 7.96. The van der Waals surface area contributed by atoms with E-state index in [1.54, 1.807) is 17.0 Å². The number of aliphatic hydroxyl groups excluding tert-OH is 1. The average Bonchev–Trinajstić information content (AvgIpc) is 2.97. The molecular formula is C21H27N5O3. The summed E-state index contributed by atoms with van der Waals surface area (Å²) in [4.78, 5) is 27.3. The highest BCUT2D eigenvalue weighted by Crippen LogP contribution is 2.18. The molecule has 0 spiro atoms. The standard InChI is InChI=1S/C21H27N5O3/c1-14-6-8-15(9-7-14)20(28)22-16-13-25(12-10-17(16)27)21(29)19-24-23-18-5-3-2-4-11-26(18)19/h6-9,16-17,27H,2-5,10-13H2,1H3,(H,22,28)/t16-,17-/m1/s1. The molecule has 1 aromatic carbocycles. The van der Waals surface area contributed by atoms with Crippen LogP contribution in [-0.4, -0.2) is 61.8 Å². The van der Waals surface area contributed by atoms with Crippen LogP contribution in [0, 0.1) is 6.92 Å². The fourth-order valence-electron chi connectivity index (χ4n) is 4.01. The van der Waals surface area contributed by atoms with Gasteiger partial charge in [0, 0.05) is 31.6 Å². The van der Waals surface area contributed by atoms with Gasteiger partial charge in [-0.05, 0) is 38.3 Å². The predicted octanol–water partition coefficient (Wildman–Crippen LogP) is 1.32. The number of aromatic nitrogens is 3. The van der Waals surface area contributed by atoms with Crippen molar-refractivity contribution in [2.24, 2.45) is 0 Å². The van der Waals surface area contributed by atoms with E-state index < -0.39 is 12.1 Å². The molecule has 154 valence electrons. The number of benzene rings is 1. The molecule has 8 nitrogen and oxygen atoms in total. The van der Waals surface area contributed by atoms with Crippen molar-refractivity contribution in [2.45, 2.75) is 57.7 Å². The molecule has 1 saturated heterocycles. The minimum absolute atomic E-state index is 0.188. The lowest BCUT2D eigenvalue weighted by Gasteiger charge is -2.36. The molecule has 1 fully saturated rings. The van der Waals surface area contributed by atoms with E-state index in [1.165, 1.54) is 0 Å². The Hall–Kier alpha value is -2.74. The smallest absolute Gasteiger partial charge is 0.291 e. The number of fused-ring (bicyclic) bond motifs is 1. The van der Waals surface area contributed by atoms with Crippen LogP contribution in [0.25, 0.3) is 0 Å². The summed E-state index contributed by atoms with van der Waals surface area (Å²) in [6.07, 6.45) is 3.76. The van der Waals surface area contributed by atoms with Crippen molar-refractivity contribution in [3.05, 3.63) is 47.0 Å². The Bertz CT molecular complexity index is 892. The summed E-state index contributed by atoms with van der Waals surface area (Å²) in [6.45, 7) is 3.40. The zero-order chi connectivity index (χ0) is 20.4. The van der Waals surface area contributed by atoms with Crippen LogP contribution in [0.1, 0.15) is 58.0 Å². The second-order valence-electron chi connectivity index (χ2n) is 7.96. The number of carbonyl (C=O) groups excluding carboxylic acids is 2. The summed E-state index contributed by atoms with van der Waals surface area (Å²) < 4.78 is 1.93. The SMILES string of the molecule is Cc1ccc(C(=O)N[C@@H]2CN(C(=O)c3nnc4n3CCCCC4)CC[C@H]2O)cc1. The monoisotopic (exact) mass is 397 g/mol. The number of aliphatic hydroxyl groups is 1. The van der Waals surface area contributed by atoms with E-state index in [0.29, 0.717) is 24.4 Å². The Morgan fingerprint density at radius 3 is 2.69 bits per heavy atom. The first-order valence-corrected chi connectivity index (χ1v) is 10.3. The maximum absolute atomic E-state index is 13.1. The number of hydrogen-bond acceptors (Lipinski definition) is 5. The first-order chi connectivity index (χ1) is 14.0. The summed E-state index contributed by atoms with van der Waals surface area (Å²) in [7, 11) is 0. The van der Waals surface area contributed by atoms with Gasteiger partial charge in [-0.1, -0.05) is 24.1 Å². The molecule has 1 aromatic heterocycles. The summed E-state index contributed by atoms with van der Waals surface area (Å²) >= 11 is 0. The zero-order valence-corrected chi connectivity index (χ0v) is 16.7. The number of amides is 2. The molecule has 0 unspecified atom stereocenters. The van der Waals surface area contributed by atoms with Gasteiger partial charge in [0.2, 0.25) is 5.82 Å². The third-order valence-corrected chi connectivity index (χ3v) is 5.79. The van der Waals surface area contributed by atoms with Gasteiger partial charge >= 0.3 is 0 Å². The van der Waals surface area contributed by atoms with E-state index in [2.05, 4.69) is 15.5 Å². The third-order valence-electron chi connectivity index (χ3n) is 5.79. The van der Waals surface area contributed by atoms with Gasteiger partial charge in [-0.15, -0.1) is 10.2 Å². The van der Waals surface area contributed by atoms with E-state index >= 15 is 0 Å². The number of piperidine rings is 1. The summed E-state index contributed by atoms with van der Waals surface area (Å²) in [5.74, 6) is 0.792. The number of aryl methyl sites for hydroxylation is 2. The Morgan fingerprint density at radius 1 is 1.10 bits per heavy atom. The molecule has 0 saturated carbocycles. The van der Waals surface area contributed by atoms with Crippen molar-refractivity contribution in [1.82, 2.24) is 25.0 Å². The van der Waals surface area contributed by atoms with Crippen molar-refractivity contribution in [1.29, 1.82) is 0 Å². The molecule has 2 atom stereocenters. The Balaban J connectivity index is 1.46. The van der Waals surface area contributed by atoms with Gasteiger partial charge in [0.25, 0.3) is 11.8 Å². The molecule has 0 radical (unpaired) electrons. The number of likely N-dealkylation sites (tertiary alicyclic amines) is 1. The lowest BCUT2D eigenvalue weighted by Crippen LogP contribution is -2.56. The molecule has 2 amide bonds. The van der Waals surface area contributed by atoms with Crippen LogP contribution in [0.4, 0.5) is 0 Å². The quantitative estimate of drug-likeness (QED) is 0.814. The minimum Gasteiger partial charge on any atom is -0.391 e. The molecule has 0 bridgehead atoms. The van der Waals surface area contributed by atoms with Crippen LogP contribution in [0.15, 0.2) is 24.3 Å². The van der Waals surface area contributed by atoms with Gasteiger partial charge in [-0.25, -0.2) is 0 Å². The minimum atomic E-state index is -0.691. The van der Waals surface area contributed by atoms with Crippen LogP contribution in [0.3, 0.4) is 0 Å². The predicted molar refractivity (Wildman–Crippen MR) is 107 cm³/mol. The molecule has 8 heteroatoms. The molecule has 3 heterocycles. The highest BCUT2D eigenvalue weighted by Gasteiger charge is 2.34. The number of carbonyl (C=O) groups is 2. The molecule has 4 rings (SSSR count). The molecule has 2 aromatic rings. The number of nitrogens with one attached hydrogen (secondary N) is 1. The second kappa shape index (κ2) is 8.32. The van der Waals surface area contributed by atoms with Crippen molar-refractivity contribution in [3.63, 3.8) is 0 Å². The van der Waals surface area contributed by atoms with Crippen LogP contribution in [0.2, 0.25) is 0 Å². The third kappa shape index (κ3) is 4.17. The molecular weight excluding hydrogens is 370 g/mol. The Morgan fingerprint density at radius 2 is 1.90 bits per heavy atom. The van der Waals surface area contributed by atoms with Gasteiger partial charge in [0.15, 0.2) is 0 Å². The van der Waals surface area contributed by atoms with Gasteiger partial charge < -0.3 is 19.9 Å². The summed E-state index contributed by atoms with van der Waals surface area (Å²) in [6, 6.07) is 6.74. The Labute approximate surface area is 169 Å². The number of rotatable bonds is 3. The van der Waals surface area contributed by atoms with Gasteiger partial charge in [0.1, 0.15) is 5.82 Å². The largest absolute Gasteiger partial charge is 0.391 e. The van der Waals surface area contributed by atoms with E-state index in [9.17, 15) is 14.7 Å². The highest BCUT2D eigenvalue weighted by atomic mass is 16.3. The normalized spacial score (nSPS) is 21.9. The van der Waals surface area contributed by atoms with Crippen LogP contribution >= 0.6 is 0 Å². The fraction of sp³-hybridized carbons (Fsp3) is 0.524. The van der Waals surface area contributed by atoms with E-state index in [0.717, 1.165) is 43.6 Å². The van der Waals surface area contributed by atoms with Crippen LogP contribution < -0.4 is 5.32 Å².